The largest absolute Gasteiger partial charge is 0.256 e. The van der Waals surface area contributed by atoms with Crippen LogP contribution < -0.4 is 0 Å². The Hall–Kier alpha value is -6.52. The minimum atomic E-state index is -0.134. The van der Waals surface area contributed by atoms with E-state index in [4.69, 9.17) is 15.0 Å². The average Bonchev–Trinajstić information content (AvgIpc) is 3.44. The van der Waals surface area contributed by atoms with Crippen molar-refractivity contribution in [2.24, 2.45) is 0 Å². The fourth-order valence-corrected chi connectivity index (χ4v) is 7.28. The van der Waals surface area contributed by atoms with Crippen molar-refractivity contribution in [3.05, 3.63) is 181 Å². The average molecular weight is 655 g/mol. The van der Waals surface area contributed by atoms with Gasteiger partial charge in [0.15, 0.2) is 17.5 Å². The molecule has 0 atom stereocenters. The van der Waals surface area contributed by atoms with Gasteiger partial charge in [0.05, 0.1) is 5.69 Å². The minimum absolute atomic E-state index is 0.134. The van der Waals surface area contributed by atoms with Crippen LogP contribution in [0.3, 0.4) is 0 Å². The Morgan fingerprint density at radius 2 is 0.863 bits per heavy atom. The molecule has 0 unspecified atom stereocenters. The van der Waals surface area contributed by atoms with Crippen LogP contribution in [-0.2, 0) is 5.41 Å². The second kappa shape index (κ2) is 12.4. The molecule has 51 heavy (non-hydrogen) atoms. The van der Waals surface area contributed by atoms with Crippen LogP contribution >= 0.6 is 0 Å². The maximum atomic E-state index is 5.21. The third-order valence-electron chi connectivity index (χ3n) is 9.99. The zero-order chi connectivity index (χ0) is 34.4. The van der Waals surface area contributed by atoms with Gasteiger partial charge in [-0.15, -0.1) is 0 Å². The minimum Gasteiger partial charge on any atom is -0.256 e. The molecular weight excluding hydrogens is 621 g/mol. The van der Waals surface area contributed by atoms with E-state index in [-0.39, 0.29) is 5.41 Å². The Balaban J connectivity index is 1.21. The summed E-state index contributed by atoms with van der Waals surface area (Å²) in [5.74, 6) is 1.93. The van der Waals surface area contributed by atoms with Gasteiger partial charge >= 0.3 is 0 Å². The third-order valence-corrected chi connectivity index (χ3v) is 9.99. The van der Waals surface area contributed by atoms with E-state index in [1.165, 1.54) is 22.3 Å². The maximum Gasteiger partial charge on any atom is 0.164 e. The van der Waals surface area contributed by atoms with Crippen molar-refractivity contribution >= 4 is 0 Å². The molecule has 0 radical (unpaired) electrons. The first-order valence-corrected chi connectivity index (χ1v) is 17.3. The van der Waals surface area contributed by atoms with Crippen LogP contribution in [0.15, 0.2) is 170 Å². The van der Waals surface area contributed by atoms with E-state index >= 15 is 0 Å². The van der Waals surface area contributed by atoms with Crippen molar-refractivity contribution in [1.29, 1.82) is 0 Å². The molecule has 0 spiro atoms. The number of aromatic nitrogens is 4. The molecule has 0 aliphatic heterocycles. The summed E-state index contributed by atoms with van der Waals surface area (Å²) < 4.78 is 0. The first kappa shape index (κ1) is 30.5. The van der Waals surface area contributed by atoms with Gasteiger partial charge in [-0.1, -0.05) is 141 Å². The van der Waals surface area contributed by atoms with Crippen molar-refractivity contribution in [2.45, 2.75) is 19.3 Å². The summed E-state index contributed by atoms with van der Waals surface area (Å²) in [5.41, 5.74) is 14.3. The lowest BCUT2D eigenvalue weighted by Gasteiger charge is -2.21. The van der Waals surface area contributed by atoms with Crippen LogP contribution in [0.2, 0.25) is 0 Å². The number of benzene rings is 6. The van der Waals surface area contributed by atoms with Crippen LogP contribution in [0.1, 0.15) is 25.0 Å². The summed E-state index contributed by atoms with van der Waals surface area (Å²) in [4.78, 5) is 20.0. The highest BCUT2D eigenvalue weighted by atomic mass is 15.0. The second-order valence-corrected chi connectivity index (χ2v) is 13.6. The summed E-state index contributed by atoms with van der Waals surface area (Å²) >= 11 is 0. The number of hydrogen-bond donors (Lipinski definition) is 0. The van der Waals surface area contributed by atoms with Crippen LogP contribution in [0, 0.1) is 0 Å². The highest BCUT2D eigenvalue weighted by Gasteiger charge is 2.35. The number of fused-ring (bicyclic) bond motifs is 3. The van der Waals surface area contributed by atoms with E-state index < -0.39 is 0 Å². The van der Waals surface area contributed by atoms with Gasteiger partial charge < -0.3 is 0 Å². The Morgan fingerprint density at radius 3 is 1.55 bits per heavy atom. The maximum absolute atomic E-state index is 5.21. The van der Waals surface area contributed by atoms with Gasteiger partial charge in [0.25, 0.3) is 0 Å². The fraction of sp³-hybridized carbons (Fsp3) is 0.0638. The zero-order valence-electron chi connectivity index (χ0n) is 28.5. The topological polar surface area (TPSA) is 51.6 Å². The lowest BCUT2D eigenvalue weighted by molar-refractivity contribution is 0.660. The molecule has 2 heterocycles. The van der Waals surface area contributed by atoms with E-state index in [1.807, 2.05) is 48.7 Å². The molecule has 0 bridgehead atoms. The molecule has 0 saturated heterocycles. The number of pyridine rings is 1. The molecule has 4 nitrogen and oxygen atoms in total. The highest BCUT2D eigenvalue weighted by Crippen LogP contribution is 2.49. The lowest BCUT2D eigenvalue weighted by atomic mass is 9.82. The van der Waals surface area contributed by atoms with Crippen molar-refractivity contribution in [2.75, 3.05) is 0 Å². The molecule has 8 aromatic rings. The summed E-state index contributed by atoms with van der Waals surface area (Å²) in [6.07, 6.45) is 1.83. The molecular formula is C47H34N4. The number of rotatable bonds is 6. The van der Waals surface area contributed by atoms with E-state index in [0.717, 1.165) is 50.2 Å². The highest BCUT2D eigenvalue weighted by molar-refractivity contribution is 5.84. The van der Waals surface area contributed by atoms with Crippen molar-refractivity contribution in [3.8, 4) is 78.8 Å². The Kier molecular flexibility index (Phi) is 7.44. The molecule has 1 aliphatic rings. The molecule has 4 heteroatoms. The molecule has 1 aliphatic carbocycles. The fourth-order valence-electron chi connectivity index (χ4n) is 7.28. The molecule has 0 amide bonds. The zero-order valence-corrected chi connectivity index (χ0v) is 28.5. The van der Waals surface area contributed by atoms with E-state index in [0.29, 0.717) is 17.5 Å². The molecule has 2 aromatic heterocycles. The molecule has 9 rings (SSSR count). The van der Waals surface area contributed by atoms with E-state index in [1.54, 1.807) is 0 Å². The number of nitrogens with zero attached hydrogens (tertiary/aromatic N) is 4. The predicted molar refractivity (Wildman–Crippen MR) is 208 cm³/mol. The van der Waals surface area contributed by atoms with Crippen LogP contribution in [0.5, 0.6) is 0 Å². The molecule has 6 aromatic carbocycles. The summed E-state index contributed by atoms with van der Waals surface area (Å²) in [5, 5.41) is 0. The molecule has 0 fully saturated rings. The Bertz CT molecular complexity index is 2520. The smallest absolute Gasteiger partial charge is 0.164 e. The van der Waals surface area contributed by atoms with Gasteiger partial charge in [-0.2, -0.15) is 0 Å². The van der Waals surface area contributed by atoms with Gasteiger partial charge in [-0.25, -0.2) is 15.0 Å². The van der Waals surface area contributed by atoms with Gasteiger partial charge in [0.2, 0.25) is 0 Å². The van der Waals surface area contributed by atoms with Gasteiger partial charge in [-0.3, -0.25) is 4.98 Å². The van der Waals surface area contributed by atoms with E-state index in [2.05, 4.69) is 140 Å². The number of hydrogen-bond acceptors (Lipinski definition) is 4. The molecule has 0 N–H and O–H groups in total. The van der Waals surface area contributed by atoms with Crippen LogP contribution in [0.25, 0.3) is 78.8 Å². The first-order valence-electron chi connectivity index (χ1n) is 17.3. The lowest BCUT2D eigenvalue weighted by Crippen LogP contribution is -2.15. The van der Waals surface area contributed by atoms with Crippen molar-refractivity contribution in [3.63, 3.8) is 0 Å². The van der Waals surface area contributed by atoms with E-state index in [9.17, 15) is 0 Å². The van der Waals surface area contributed by atoms with Crippen LogP contribution in [-0.4, -0.2) is 19.9 Å². The van der Waals surface area contributed by atoms with Crippen molar-refractivity contribution < 1.29 is 0 Å². The van der Waals surface area contributed by atoms with Gasteiger partial charge in [0, 0.05) is 33.9 Å². The Morgan fingerprint density at radius 1 is 0.353 bits per heavy atom. The summed E-state index contributed by atoms with van der Waals surface area (Å²) in [6, 6.07) is 57.2. The third kappa shape index (κ3) is 5.61. The van der Waals surface area contributed by atoms with Crippen molar-refractivity contribution in [1.82, 2.24) is 19.9 Å². The SMILES string of the molecule is CC1(C)c2ccccc2-c2ccc(-c3nc(-c4ccccc4)nc(-c4cc(-c5ccccc5)cc(-c5ccc(-c6ccccn6)cc5)c4)n3)cc21. The first-order chi connectivity index (χ1) is 25.0. The van der Waals surface area contributed by atoms with Gasteiger partial charge in [0.1, 0.15) is 0 Å². The van der Waals surface area contributed by atoms with Crippen LogP contribution in [0.4, 0.5) is 0 Å². The predicted octanol–water partition coefficient (Wildman–Crippen LogP) is 11.6. The van der Waals surface area contributed by atoms with Gasteiger partial charge in [-0.05, 0) is 80.9 Å². The standard InChI is InChI=1S/C47H34N4/c1-47(2)41-18-10-9-17-39(41)40-25-24-35(30-42(40)47)45-49-44(34-15-7-4-8-16-34)50-46(51-45)38-28-36(31-13-5-3-6-14-31)27-37(29-38)32-20-22-33(23-21-32)43-19-11-12-26-48-43/h3-30H,1-2H3. The summed E-state index contributed by atoms with van der Waals surface area (Å²) in [7, 11) is 0. The monoisotopic (exact) mass is 654 g/mol. The molecule has 242 valence electrons. The molecule has 0 saturated carbocycles. The normalized spacial score (nSPS) is 12.7. The second-order valence-electron chi connectivity index (χ2n) is 13.6. The quantitative estimate of drug-likeness (QED) is 0.179. The Labute approximate surface area is 298 Å². The summed E-state index contributed by atoms with van der Waals surface area (Å²) in [6.45, 7) is 4.60.